The Labute approximate surface area is 151 Å². The Morgan fingerprint density at radius 2 is 1.59 bits per heavy atom. The van der Waals surface area contributed by atoms with Crippen molar-refractivity contribution in [1.29, 1.82) is 0 Å². The van der Waals surface area contributed by atoms with Crippen LogP contribution in [0.15, 0.2) is 48.5 Å². The van der Waals surface area contributed by atoms with Gasteiger partial charge in [0, 0.05) is 13.6 Å². The van der Waals surface area contributed by atoms with Crippen molar-refractivity contribution in [3.63, 3.8) is 0 Å². The molecule has 0 bridgehead atoms. The predicted molar refractivity (Wildman–Crippen MR) is 84.7 cm³/mol. The highest BCUT2D eigenvalue weighted by molar-refractivity contribution is 5.78. The predicted octanol–water partition coefficient (Wildman–Crippen LogP) is 4.81. The molecule has 9 heteroatoms. The summed E-state index contributed by atoms with van der Waals surface area (Å²) in [6.07, 6.45) is -9.51. The number of likely N-dealkylation sites (N-methyl/N-ethyl adjacent to an activating group) is 1. The average molecular weight is 391 g/mol. The molecule has 2 aromatic carbocycles. The lowest BCUT2D eigenvalue weighted by molar-refractivity contribution is -0.274. The molecular formula is C18H15F6NO2. The largest absolute Gasteiger partial charge is 0.573 e. The summed E-state index contributed by atoms with van der Waals surface area (Å²) in [6.45, 7) is 0.0874. The molecule has 0 saturated carbocycles. The molecule has 1 amide bonds. The highest BCUT2D eigenvalue weighted by Crippen LogP contribution is 2.29. The number of hydrogen-bond acceptors (Lipinski definition) is 2. The first-order valence-corrected chi connectivity index (χ1v) is 7.69. The molecule has 0 radical (unpaired) electrons. The van der Waals surface area contributed by atoms with E-state index < -0.39 is 24.0 Å². The van der Waals surface area contributed by atoms with Crippen LogP contribution in [0.1, 0.15) is 16.7 Å². The van der Waals surface area contributed by atoms with Crippen molar-refractivity contribution in [2.45, 2.75) is 25.5 Å². The molecule has 2 aromatic rings. The first-order chi connectivity index (χ1) is 12.4. The maximum atomic E-state index is 12.7. The van der Waals surface area contributed by atoms with Gasteiger partial charge in [-0.3, -0.25) is 4.79 Å². The number of alkyl halides is 6. The van der Waals surface area contributed by atoms with Gasteiger partial charge in [-0.15, -0.1) is 13.2 Å². The fourth-order valence-electron chi connectivity index (χ4n) is 2.33. The summed E-state index contributed by atoms with van der Waals surface area (Å²) in [4.78, 5) is 13.5. The minimum atomic E-state index is -4.79. The van der Waals surface area contributed by atoms with E-state index in [9.17, 15) is 31.1 Å². The Bertz CT molecular complexity index is 784. The maximum Gasteiger partial charge on any atom is 0.573 e. The van der Waals surface area contributed by atoms with Gasteiger partial charge in [0.15, 0.2) is 0 Å². The lowest BCUT2D eigenvalue weighted by atomic mass is 10.1. The van der Waals surface area contributed by atoms with E-state index in [0.29, 0.717) is 5.56 Å². The van der Waals surface area contributed by atoms with E-state index >= 15 is 0 Å². The first kappa shape index (κ1) is 20.6. The summed E-state index contributed by atoms with van der Waals surface area (Å²) < 4.78 is 78.3. The van der Waals surface area contributed by atoms with Crippen LogP contribution in [0, 0.1) is 0 Å². The van der Waals surface area contributed by atoms with Crippen molar-refractivity contribution in [2.75, 3.05) is 7.05 Å². The molecule has 3 nitrogen and oxygen atoms in total. The molecule has 0 fully saturated rings. The van der Waals surface area contributed by atoms with Gasteiger partial charge in [0.05, 0.1) is 12.0 Å². The molecule has 2 rings (SSSR count). The zero-order chi connectivity index (χ0) is 20.2. The monoisotopic (exact) mass is 391 g/mol. The van der Waals surface area contributed by atoms with Crippen molar-refractivity contribution in [3.8, 4) is 5.75 Å². The molecule has 0 aliphatic rings. The van der Waals surface area contributed by atoms with Gasteiger partial charge in [-0.2, -0.15) is 13.2 Å². The number of benzene rings is 2. The van der Waals surface area contributed by atoms with Gasteiger partial charge in [0.2, 0.25) is 5.91 Å². The Hall–Kier alpha value is -2.71. The van der Waals surface area contributed by atoms with Crippen molar-refractivity contribution in [1.82, 2.24) is 4.90 Å². The lowest BCUT2D eigenvalue weighted by Crippen LogP contribution is -2.27. The lowest BCUT2D eigenvalue weighted by Gasteiger charge is -2.18. The van der Waals surface area contributed by atoms with Crippen LogP contribution in [0.4, 0.5) is 26.3 Å². The summed E-state index contributed by atoms with van der Waals surface area (Å²) in [6, 6.07) is 9.46. The van der Waals surface area contributed by atoms with Crippen molar-refractivity contribution in [2.24, 2.45) is 0 Å². The number of halogens is 6. The van der Waals surface area contributed by atoms with E-state index in [4.69, 9.17) is 0 Å². The molecule has 0 aliphatic carbocycles. The quantitative estimate of drug-likeness (QED) is 0.685. The van der Waals surface area contributed by atoms with Crippen LogP contribution in [-0.2, 0) is 23.9 Å². The zero-order valence-corrected chi connectivity index (χ0v) is 14.1. The smallest absolute Gasteiger partial charge is 0.406 e. The third-order valence-electron chi connectivity index (χ3n) is 3.61. The Balaban J connectivity index is 1.98. The van der Waals surface area contributed by atoms with E-state index in [1.807, 2.05) is 0 Å². The van der Waals surface area contributed by atoms with E-state index in [-0.39, 0.29) is 24.3 Å². The molecule has 0 saturated heterocycles. The normalized spacial score (nSPS) is 12.0. The van der Waals surface area contributed by atoms with Crippen LogP contribution in [0.3, 0.4) is 0 Å². The van der Waals surface area contributed by atoms with Gasteiger partial charge in [-0.25, -0.2) is 0 Å². The SMILES string of the molecule is CN(Cc1ccc(OC(F)(F)F)cc1)C(=O)Cc1cccc(C(F)(F)F)c1. The molecule has 0 atom stereocenters. The van der Waals surface area contributed by atoms with Gasteiger partial charge in [-0.05, 0) is 29.3 Å². The summed E-state index contributed by atoms with van der Waals surface area (Å²) in [5.41, 5.74) is -0.0734. The second-order valence-corrected chi connectivity index (χ2v) is 5.82. The molecule has 0 unspecified atom stereocenters. The molecule has 0 N–H and O–H groups in total. The van der Waals surface area contributed by atoms with E-state index in [0.717, 1.165) is 24.3 Å². The van der Waals surface area contributed by atoms with Gasteiger partial charge in [-0.1, -0.05) is 30.3 Å². The highest BCUT2D eigenvalue weighted by Gasteiger charge is 2.31. The minimum Gasteiger partial charge on any atom is -0.406 e. The van der Waals surface area contributed by atoms with Gasteiger partial charge < -0.3 is 9.64 Å². The number of carbonyl (C=O) groups excluding carboxylic acids is 1. The minimum absolute atomic E-state index is 0.0874. The second-order valence-electron chi connectivity index (χ2n) is 5.82. The molecule has 0 heterocycles. The van der Waals surface area contributed by atoms with Crippen molar-refractivity contribution < 1.29 is 35.9 Å². The summed E-state index contributed by atoms with van der Waals surface area (Å²) in [7, 11) is 1.45. The fraction of sp³-hybridized carbons (Fsp3) is 0.278. The summed E-state index contributed by atoms with van der Waals surface area (Å²) in [5, 5.41) is 0. The fourth-order valence-corrected chi connectivity index (χ4v) is 2.33. The molecule has 146 valence electrons. The maximum absolute atomic E-state index is 12.7. The van der Waals surface area contributed by atoms with Crippen LogP contribution in [-0.4, -0.2) is 24.2 Å². The van der Waals surface area contributed by atoms with Crippen molar-refractivity contribution in [3.05, 3.63) is 65.2 Å². The number of ether oxygens (including phenoxy) is 1. The van der Waals surface area contributed by atoms with Crippen LogP contribution >= 0.6 is 0 Å². The van der Waals surface area contributed by atoms with Crippen LogP contribution in [0.2, 0.25) is 0 Å². The van der Waals surface area contributed by atoms with Crippen molar-refractivity contribution >= 4 is 5.91 Å². The van der Waals surface area contributed by atoms with E-state index in [1.54, 1.807) is 0 Å². The van der Waals surface area contributed by atoms with Gasteiger partial charge in [0.25, 0.3) is 0 Å². The summed E-state index contributed by atoms with van der Waals surface area (Å²) >= 11 is 0. The standard InChI is InChI=1S/C18H15F6NO2/c1-25(11-12-5-7-15(8-6-12)27-18(22,23)24)16(26)10-13-3-2-4-14(9-13)17(19,20)21/h2-9H,10-11H2,1H3. The number of amides is 1. The molecular weight excluding hydrogens is 376 g/mol. The molecule has 27 heavy (non-hydrogen) atoms. The Morgan fingerprint density at radius 3 is 2.15 bits per heavy atom. The Morgan fingerprint density at radius 1 is 0.963 bits per heavy atom. The van der Waals surface area contributed by atoms with E-state index in [2.05, 4.69) is 4.74 Å². The zero-order valence-electron chi connectivity index (χ0n) is 14.1. The van der Waals surface area contributed by atoms with Gasteiger partial charge >= 0.3 is 12.5 Å². The number of rotatable bonds is 5. The topological polar surface area (TPSA) is 29.5 Å². The molecule has 0 aliphatic heterocycles. The van der Waals surface area contributed by atoms with E-state index in [1.165, 1.54) is 36.2 Å². The number of carbonyl (C=O) groups is 1. The highest BCUT2D eigenvalue weighted by atomic mass is 19.4. The number of nitrogens with zero attached hydrogens (tertiary/aromatic N) is 1. The third kappa shape index (κ3) is 6.50. The molecule has 0 spiro atoms. The number of hydrogen-bond donors (Lipinski definition) is 0. The summed E-state index contributed by atoms with van der Waals surface area (Å²) in [5.74, 6) is -0.811. The van der Waals surface area contributed by atoms with Crippen LogP contribution in [0.5, 0.6) is 5.75 Å². The van der Waals surface area contributed by atoms with Crippen LogP contribution < -0.4 is 4.74 Å². The third-order valence-corrected chi connectivity index (χ3v) is 3.61. The van der Waals surface area contributed by atoms with Gasteiger partial charge in [0.1, 0.15) is 5.75 Å². The Kier molecular flexibility index (Phi) is 6.02. The van der Waals surface area contributed by atoms with Crippen LogP contribution in [0.25, 0.3) is 0 Å². The first-order valence-electron chi connectivity index (χ1n) is 7.69. The average Bonchev–Trinajstić information content (AvgIpc) is 2.54. The molecule has 0 aromatic heterocycles. The second kappa shape index (κ2) is 7.89.